The van der Waals surface area contributed by atoms with Gasteiger partial charge < -0.3 is 5.73 Å². The van der Waals surface area contributed by atoms with Gasteiger partial charge in [0.2, 0.25) is 0 Å². The molecule has 0 aliphatic heterocycles. The Kier molecular flexibility index (Phi) is 6.85. The van der Waals surface area contributed by atoms with Gasteiger partial charge in [-0.1, -0.05) is 42.5 Å². The van der Waals surface area contributed by atoms with E-state index >= 15 is 0 Å². The van der Waals surface area contributed by atoms with Crippen molar-refractivity contribution in [2.45, 2.75) is 11.3 Å². The van der Waals surface area contributed by atoms with E-state index in [1.54, 1.807) is 49.5 Å². The molecule has 4 aromatic rings. The number of nitrogens with zero attached hydrogens (tertiary/aromatic N) is 2. The molecule has 0 bridgehead atoms. The van der Waals surface area contributed by atoms with Gasteiger partial charge in [0.1, 0.15) is 11.7 Å². The number of rotatable bonds is 6. The van der Waals surface area contributed by atoms with Crippen LogP contribution in [0, 0.1) is 5.41 Å². The summed E-state index contributed by atoms with van der Waals surface area (Å²) in [5.41, 5.74) is 7.52. The summed E-state index contributed by atoms with van der Waals surface area (Å²) in [5.74, 6) is 0.558. The Morgan fingerprint density at radius 2 is 1.73 bits per heavy atom. The summed E-state index contributed by atoms with van der Waals surface area (Å²) in [6.45, 7) is 0. The molecule has 4 rings (SSSR count). The molecular weight excluding hydrogens is 462 g/mol. The molecule has 4 N–H and O–H groups in total. The highest BCUT2D eigenvalue weighted by Crippen LogP contribution is 2.20. The molecule has 0 spiro atoms. The van der Waals surface area contributed by atoms with Gasteiger partial charge in [-0.25, -0.2) is 13.4 Å². The second kappa shape index (κ2) is 9.43. The highest BCUT2D eigenvalue weighted by molar-refractivity contribution is 7.92. The lowest BCUT2D eigenvalue weighted by Crippen LogP contribution is -2.23. The summed E-state index contributed by atoms with van der Waals surface area (Å²) in [7, 11) is -2.13. The molecule has 0 aliphatic rings. The quantitative estimate of drug-likeness (QED) is 0.286. The Labute approximate surface area is 197 Å². The summed E-state index contributed by atoms with van der Waals surface area (Å²) in [4.78, 5) is 17.7. The number of aromatic nitrogens is 2. The number of hydrogen-bond acceptors (Lipinski definition) is 5. The number of nitrogens with two attached hydrogens (primary N) is 1. The lowest BCUT2D eigenvalue weighted by Gasteiger charge is -2.12. The first kappa shape index (κ1) is 24.0. The summed E-state index contributed by atoms with van der Waals surface area (Å²) in [6.07, 6.45) is 0.419. The summed E-state index contributed by atoms with van der Waals surface area (Å²) < 4.78 is 29.1. The van der Waals surface area contributed by atoms with E-state index in [1.165, 1.54) is 22.8 Å². The van der Waals surface area contributed by atoms with E-state index in [-0.39, 0.29) is 34.4 Å². The van der Waals surface area contributed by atoms with Crippen LogP contribution in [0.5, 0.6) is 0 Å². The second-order valence-corrected chi connectivity index (χ2v) is 9.01. The van der Waals surface area contributed by atoms with Crippen molar-refractivity contribution in [3.05, 3.63) is 100 Å². The van der Waals surface area contributed by atoms with Crippen LogP contribution in [0.1, 0.15) is 17.0 Å². The molecular formula is C23H22ClN5O3S. The topological polar surface area (TPSA) is 131 Å². The average molecular weight is 484 g/mol. The first-order chi connectivity index (χ1) is 15.2. The fraction of sp³-hybridized carbons (Fsp3) is 0.0870. The number of nitrogen functional groups attached to an aromatic ring is 1. The average Bonchev–Trinajstić information content (AvgIpc) is 2.78. The van der Waals surface area contributed by atoms with Crippen molar-refractivity contribution < 1.29 is 8.42 Å². The van der Waals surface area contributed by atoms with Crippen LogP contribution in [0.4, 0.5) is 5.69 Å². The van der Waals surface area contributed by atoms with Crippen LogP contribution in [-0.2, 0) is 23.5 Å². The minimum absolute atomic E-state index is 0. The lowest BCUT2D eigenvalue weighted by molar-refractivity contribution is 0.601. The number of amidine groups is 1. The van der Waals surface area contributed by atoms with Gasteiger partial charge in [-0.2, -0.15) is 0 Å². The van der Waals surface area contributed by atoms with Crippen molar-refractivity contribution >= 4 is 44.9 Å². The molecule has 1 aromatic heterocycles. The molecule has 0 atom stereocenters. The molecule has 0 saturated carbocycles. The Bertz CT molecular complexity index is 1480. The standard InChI is InChI=1S/C23H21N5O3S.ClH/c1-28-21(13-15-7-9-16(10-8-15)22(24)25)26-20-12-11-17(14-19(20)23(28)29)27-32(30,31)18-5-3-2-4-6-18;/h2-12,14,27H,13H2,1H3,(H3,24,25);1H. The van der Waals surface area contributed by atoms with E-state index < -0.39 is 10.0 Å². The normalized spacial score (nSPS) is 11.1. The number of fused-ring (bicyclic) bond motifs is 1. The van der Waals surface area contributed by atoms with Gasteiger partial charge in [0.15, 0.2) is 0 Å². The maximum absolute atomic E-state index is 13.0. The number of sulfonamides is 1. The predicted molar refractivity (Wildman–Crippen MR) is 132 cm³/mol. The number of benzene rings is 3. The molecule has 0 aliphatic carbocycles. The van der Waals surface area contributed by atoms with Crippen LogP contribution in [0.2, 0.25) is 0 Å². The summed E-state index contributed by atoms with van der Waals surface area (Å²) in [6, 6.07) is 19.9. The van der Waals surface area contributed by atoms with Crippen molar-refractivity contribution in [2.75, 3.05) is 4.72 Å². The molecule has 170 valence electrons. The summed E-state index contributed by atoms with van der Waals surface area (Å²) in [5, 5.41) is 7.79. The number of halogens is 1. The molecule has 3 aromatic carbocycles. The van der Waals surface area contributed by atoms with Crippen molar-refractivity contribution in [2.24, 2.45) is 12.8 Å². The summed E-state index contributed by atoms with van der Waals surface area (Å²) >= 11 is 0. The Hall–Kier alpha value is -3.69. The fourth-order valence-corrected chi connectivity index (χ4v) is 4.41. The van der Waals surface area contributed by atoms with E-state index in [0.29, 0.717) is 28.7 Å². The molecule has 1 heterocycles. The van der Waals surface area contributed by atoms with Crippen LogP contribution in [0.25, 0.3) is 10.9 Å². The van der Waals surface area contributed by atoms with E-state index in [1.807, 2.05) is 12.1 Å². The fourth-order valence-electron chi connectivity index (χ4n) is 3.34. The van der Waals surface area contributed by atoms with Gasteiger partial charge in [-0.15, -0.1) is 12.4 Å². The maximum Gasteiger partial charge on any atom is 0.261 e. The minimum atomic E-state index is -3.77. The largest absolute Gasteiger partial charge is 0.384 e. The van der Waals surface area contributed by atoms with Gasteiger partial charge >= 0.3 is 0 Å². The third-order valence-corrected chi connectivity index (χ3v) is 6.50. The zero-order valence-corrected chi connectivity index (χ0v) is 19.3. The highest BCUT2D eigenvalue weighted by atomic mass is 35.5. The molecule has 33 heavy (non-hydrogen) atoms. The third kappa shape index (κ3) is 5.05. The molecule has 0 amide bonds. The van der Waals surface area contributed by atoms with Crippen LogP contribution in [-0.4, -0.2) is 23.8 Å². The van der Waals surface area contributed by atoms with Gasteiger partial charge in [-0.3, -0.25) is 19.5 Å². The molecule has 0 unspecified atom stereocenters. The lowest BCUT2D eigenvalue weighted by atomic mass is 10.1. The van der Waals surface area contributed by atoms with Crippen LogP contribution in [0.3, 0.4) is 0 Å². The number of nitrogens with one attached hydrogen (secondary N) is 2. The SMILES string of the molecule is Cl.Cn1c(Cc2ccc(C(=N)N)cc2)nc2ccc(NS(=O)(=O)c3ccccc3)cc2c1=O. The third-order valence-electron chi connectivity index (χ3n) is 5.10. The first-order valence-electron chi connectivity index (χ1n) is 9.75. The molecule has 0 radical (unpaired) electrons. The zero-order valence-electron chi connectivity index (χ0n) is 17.6. The van der Waals surface area contributed by atoms with Crippen molar-refractivity contribution in [3.8, 4) is 0 Å². The van der Waals surface area contributed by atoms with Crippen LogP contribution < -0.4 is 16.0 Å². The molecule has 0 saturated heterocycles. The van der Waals surface area contributed by atoms with Crippen molar-refractivity contribution in [1.29, 1.82) is 5.41 Å². The van der Waals surface area contributed by atoms with Gasteiger partial charge in [0, 0.05) is 24.7 Å². The highest BCUT2D eigenvalue weighted by Gasteiger charge is 2.15. The molecule has 0 fully saturated rings. The van der Waals surface area contributed by atoms with Crippen molar-refractivity contribution in [1.82, 2.24) is 9.55 Å². The zero-order chi connectivity index (χ0) is 22.9. The monoisotopic (exact) mass is 483 g/mol. The van der Waals surface area contributed by atoms with E-state index in [4.69, 9.17) is 11.1 Å². The number of hydrogen-bond donors (Lipinski definition) is 3. The Morgan fingerprint density at radius 1 is 1.06 bits per heavy atom. The smallest absolute Gasteiger partial charge is 0.261 e. The predicted octanol–water partition coefficient (Wildman–Crippen LogP) is 3.03. The van der Waals surface area contributed by atoms with Gasteiger partial charge in [0.05, 0.1) is 15.8 Å². The van der Waals surface area contributed by atoms with E-state index in [2.05, 4.69) is 9.71 Å². The van der Waals surface area contributed by atoms with Crippen LogP contribution in [0.15, 0.2) is 82.5 Å². The second-order valence-electron chi connectivity index (χ2n) is 7.33. The number of anilines is 1. The van der Waals surface area contributed by atoms with E-state index in [0.717, 1.165) is 5.56 Å². The Morgan fingerprint density at radius 3 is 2.36 bits per heavy atom. The maximum atomic E-state index is 13.0. The van der Waals surface area contributed by atoms with Crippen LogP contribution >= 0.6 is 12.4 Å². The first-order valence-corrected chi connectivity index (χ1v) is 11.2. The van der Waals surface area contributed by atoms with Gasteiger partial charge in [0.25, 0.3) is 15.6 Å². The minimum Gasteiger partial charge on any atom is -0.384 e. The van der Waals surface area contributed by atoms with Crippen molar-refractivity contribution in [3.63, 3.8) is 0 Å². The Balaban J connectivity index is 0.00000306. The molecule has 8 nitrogen and oxygen atoms in total. The van der Waals surface area contributed by atoms with E-state index in [9.17, 15) is 13.2 Å². The molecule has 10 heteroatoms. The van der Waals surface area contributed by atoms with Gasteiger partial charge in [-0.05, 0) is 35.9 Å².